The lowest BCUT2D eigenvalue weighted by Crippen LogP contribution is -2.37. The highest BCUT2D eigenvalue weighted by atomic mass is 16.3. The van der Waals surface area contributed by atoms with Crippen LogP contribution in [-0.2, 0) is 6.42 Å². The van der Waals surface area contributed by atoms with Gasteiger partial charge in [0.25, 0.3) is 5.91 Å². The SMILES string of the molecule is Cc1c(C(=O)NC[C@H](c2ccco2)N2CCCC2)[nH]c2c1C(=O)CC(C)(C)C2. The summed E-state index contributed by atoms with van der Waals surface area (Å²) < 4.78 is 5.63. The molecule has 6 heteroatoms. The van der Waals surface area contributed by atoms with Gasteiger partial charge in [-0.25, -0.2) is 0 Å². The molecule has 0 spiro atoms. The van der Waals surface area contributed by atoms with Gasteiger partial charge >= 0.3 is 0 Å². The molecule has 2 N–H and O–H groups in total. The minimum atomic E-state index is -0.159. The van der Waals surface area contributed by atoms with E-state index in [1.807, 2.05) is 19.1 Å². The predicted octanol–water partition coefficient (Wildman–Crippen LogP) is 3.64. The maximum Gasteiger partial charge on any atom is 0.268 e. The Morgan fingerprint density at radius 3 is 2.75 bits per heavy atom. The number of carbonyl (C=O) groups is 2. The predicted molar refractivity (Wildman–Crippen MR) is 107 cm³/mol. The molecule has 1 saturated heterocycles. The van der Waals surface area contributed by atoms with E-state index in [1.165, 1.54) is 12.8 Å². The van der Waals surface area contributed by atoms with Gasteiger partial charge < -0.3 is 14.7 Å². The highest BCUT2D eigenvalue weighted by Crippen LogP contribution is 2.36. The molecule has 0 aromatic carbocycles. The van der Waals surface area contributed by atoms with Crippen molar-refractivity contribution >= 4 is 11.7 Å². The van der Waals surface area contributed by atoms with Crippen LogP contribution in [0.15, 0.2) is 22.8 Å². The third kappa shape index (κ3) is 3.53. The van der Waals surface area contributed by atoms with Crippen LogP contribution in [0.25, 0.3) is 0 Å². The molecule has 150 valence electrons. The van der Waals surface area contributed by atoms with Gasteiger partial charge in [-0.05, 0) is 62.4 Å². The lowest BCUT2D eigenvalue weighted by molar-refractivity contribution is 0.0908. The Hall–Kier alpha value is -2.34. The molecule has 6 nitrogen and oxygen atoms in total. The Morgan fingerprint density at radius 1 is 1.32 bits per heavy atom. The van der Waals surface area contributed by atoms with Crippen molar-refractivity contribution in [3.63, 3.8) is 0 Å². The number of aromatic amines is 1. The van der Waals surface area contributed by atoms with Gasteiger partial charge in [0, 0.05) is 24.2 Å². The molecule has 2 aliphatic rings. The summed E-state index contributed by atoms with van der Waals surface area (Å²) in [6, 6.07) is 3.89. The number of nitrogens with one attached hydrogen (secondary N) is 2. The third-order valence-corrected chi connectivity index (χ3v) is 6.04. The fraction of sp³-hybridized carbons (Fsp3) is 0.545. The number of likely N-dealkylation sites (tertiary alicyclic amines) is 1. The van der Waals surface area contributed by atoms with Crippen molar-refractivity contribution in [2.24, 2.45) is 5.41 Å². The van der Waals surface area contributed by atoms with Crippen molar-refractivity contribution in [3.05, 3.63) is 46.7 Å². The monoisotopic (exact) mass is 383 g/mol. The molecule has 0 unspecified atom stereocenters. The van der Waals surface area contributed by atoms with Crippen molar-refractivity contribution < 1.29 is 14.0 Å². The van der Waals surface area contributed by atoms with Gasteiger partial charge in [-0.3, -0.25) is 14.5 Å². The van der Waals surface area contributed by atoms with E-state index in [0.717, 1.165) is 36.5 Å². The number of aromatic nitrogens is 1. The second-order valence-electron chi connectivity index (χ2n) is 8.90. The van der Waals surface area contributed by atoms with E-state index in [9.17, 15) is 9.59 Å². The molecule has 4 rings (SSSR count). The van der Waals surface area contributed by atoms with Crippen molar-refractivity contribution in [1.82, 2.24) is 15.2 Å². The highest BCUT2D eigenvalue weighted by molar-refractivity contribution is 6.04. The van der Waals surface area contributed by atoms with E-state index in [4.69, 9.17) is 4.42 Å². The minimum Gasteiger partial charge on any atom is -0.468 e. The average molecular weight is 383 g/mol. The maximum absolute atomic E-state index is 12.9. The number of hydrogen-bond acceptors (Lipinski definition) is 4. The molecule has 0 saturated carbocycles. The molecule has 2 aromatic rings. The van der Waals surface area contributed by atoms with Crippen LogP contribution in [-0.4, -0.2) is 41.2 Å². The van der Waals surface area contributed by atoms with E-state index < -0.39 is 0 Å². The van der Waals surface area contributed by atoms with Crippen LogP contribution in [0.1, 0.15) is 77.0 Å². The summed E-state index contributed by atoms with van der Waals surface area (Å²) >= 11 is 0. The van der Waals surface area contributed by atoms with Crippen molar-refractivity contribution in [3.8, 4) is 0 Å². The van der Waals surface area contributed by atoms with Gasteiger partial charge in [-0.1, -0.05) is 13.8 Å². The molecule has 0 radical (unpaired) electrons. The second-order valence-corrected chi connectivity index (χ2v) is 8.90. The molecular weight excluding hydrogens is 354 g/mol. The summed E-state index contributed by atoms with van der Waals surface area (Å²) in [4.78, 5) is 31.1. The zero-order valence-electron chi connectivity index (χ0n) is 16.9. The van der Waals surface area contributed by atoms with Crippen molar-refractivity contribution in [1.29, 1.82) is 0 Å². The van der Waals surface area contributed by atoms with Crippen molar-refractivity contribution in [2.75, 3.05) is 19.6 Å². The van der Waals surface area contributed by atoms with Gasteiger partial charge in [0.15, 0.2) is 5.78 Å². The Bertz CT molecular complexity index is 873. The first-order chi connectivity index (χ1) is 13.4. The highest BCUT2D eigenvalue weighted by Gasteiger charge is 2.35. The van der Waals surface area contributed by atoms with E-state index in [1.54, 1.807) is 6.26 Å². The zero-order chi connectivity index (χ0) is 19.9. The molecule has 1 aliphatic carbocycles. The first-order valence-electron chi connectivity index (χ1n) is 10.2. The topological polar surface area (TPSA) is 78.3 Å². The number of furan rings is 1. The number of fused-ring (bicyclic) bond motifs is 1. The van der Waals surface area contributed by atoms with Crippen LogP contribution >= 0.6 is 0 Å². The average Bonchev–Trinajstić information content (AvgIpc) is 3.35. The number of ketones is 1. The van der Waals surface area contributed by atoms with Gasteiger partial charge in [0.1, 0.15) is 11.5 Å². The zero-order valence-corrected chi connectivity index (χ0v) is 16.9. The minimum absolute atomic E-state index is 0.0342. The summed E-state index contributed by atoms with van der Waals surface area (Å²) in [7, 11) is 0. The molecular formula is C22H29N3O3. The molecule has 0 bridgehead atoms. The molecule has 1 amide bonds. The maximum atomic E-state index is 12.9. The molecule has 28 heavy (non-hydrogen) atoms. The molecule has 2 aromatic heterocycles. The fourth-order valence-corrected chi connectivity index (χ4v) is 4.68. The van der Waals surface area contributed by atoms with E-state index in [2.05, 4.69) is 29.0 Å². The van der Waals surface area contributed by atoms with Crippen LogP contribution in [0, 0.1) is 12.3 Å². The number of hydrogen-bond donors (Lipinski definition) is 2. The Balaban J connectivity index is 1.52. The number of H-pyrrole nitrogens is 1. The molecule has 3 heterocycles. The van der Waals surface area contributed by atoms with Gasteiger partial charge in [-0.2, -0.15) is 0 Å². The quantitative estimate of drug-likeness (QED) is 0.826. The standard InChI is InChI=1S/C22H29N3O3/c1-14-19-15(11-22(2,3)12-17(19)26)24-20(14)21(27)23-13-16(18-7-6-10-28-18)25-8-4-5-9-25/h6-7,10,16,24H,4-5,8-9,11-13H2,1-3H3,(H,23,27)/t16-/m1/s1. The smallest absolute Gasteiger partial charge is 0.268 e. The van der Waals surface area contributed by atoms with E-state index in [0.29, 0.717) is 24.2 Å². The van der Waals surface area contributed by atoms with Crippen LogP contribution < -0.4 is 5.32 Å². The van der Waals surface area contributed by atoms with Gasteiger partial charge in [0.2, 0.25) is 0 Å². The number of amides is 1. The fourth-order valence-electron chi connectivity index (χ4n) is 4.68. The van der Waals surface area contributed by atoms with Gasteiger partial charge in [0.05, 0.1) is 12.3 Å². The molecule has 1 aliphatic heterocycles. The Kier molecular flexibility index (Phi) is 4.91. The second kappa shape index (κ2) is 7.24. The summed E-state index contributed by atoms with van der Waals surface area (Å²) in [5, 5.41) is 3.07. The van der Waals surface area contributed by atoms with Gasteiger partial charge in [-0.15, -0.1) is 0 Å². The van der Waals surface area contributed by atoms with Crippen LogP contribution in [0.3, 0.4) is 0 Å². The lowest BCUT2D eigenvalue weighted by Gasteiger charge is -2.28. The van der Waals surface area contributed by atoms with E-state index >= 15 is 0 Å². The Morgan fingerprint density at radius 2 is 2.07 bits per heavy atom. The first-order valence-corrected chi connectivity index (χ1v) is 10.2. The largest absolute Gasteiger partial charge is 0.468 e. The lowest BCUT2D eigenvalue weighted by atomic mass is 9.75. The normalized spacial score (nSPS) is 20.2. The summed E-state index contributed by atoms with van der Waals surface area (Å²) in [6.45, 7) is 8.56. The summed E-state index contributed by atoms with van der Waals surface area (Å²) in [5.74, 6) is 0.847. The third-order valence-electron chi connectivity index (χ3n) is 6.04. The Labute approximate surface area is 165 Å². The number of rotatable bonds is 5. The van der Waals surface area contributed by atoms with E-state index in [-0.39, 0.29) is 23.1 Å². The van der Waals surface area contributed by atoms with Crippen LogP contribution in [0.4, 0.5) is 0 Å². The van der Waals surface area contributed by atoms with Crippen LogP contribution in [0.5, 0.6) is 0 Å². The first kappa shape index (κ1) is 19.0. The number of carbonyl (C=O) groups excluding carboxylic acids is 2. The number of Topliss-reactive ketones (excluding diaryl/α,β-unsaturated/α-hetero) is 1. The van der Waals surface area contributed by atoms with Crippen LogP contribution in [0.2, 0.25) is 0 Å². The summed E-state index contributed by atoms with van der Waals surface area (Å²) in [5.41, 5.74) is 2.81. The number of nitrogens with zero attached hydrogens (tertiary/aromatic N) is 1. The molecule has 1 atom stereocenters. The van der Waals surface area contributed by atoms with Crippen molar-refractivity contribution in [2.45, 2.75) is 52.5 Å². The molecule has 1 fully saturated rings. The summed E-state index contributed by atoms with van der Waals surface area (Å²) in [6.07, 6.45) is 5.33.